The molecule has 1 aliphatic rings. The van der Waals surface area contributed by atoms with Crippen LogP contribution in [0.3, 0.4) is 0 Å². The molecule has 4 rings (SSSR count). The quantitative estimate of drug-likeness (QED) is 0.459. The molecule has 0 aliphatic carbocycles. The smallest absolute Gasteiger partial charge is 0.240 e. The molecule has 0 bridgehead atoms. The molecule has 2 aromatic carbocycles. The number of aryl methyl sites for hydroxylation is 1. The van der Waals surface area contributed by atoms with E-state index in [1.54, 1.807) is 17.9 Å². The molecule has 9 heteroatoms. The van der Waals surface area contributed by atoms with E-state index in [4.69, 9.17) is 9.84 Å². The number of benzene rings is 2. The number of halogens is 1. The van der Waals surface area contributed by atoms with Crippen molar-refractivity contribution in [2.24, 2.45) is 0 Å². The summed E-state index contributed by atoms with van der Waals surface area (Å²) >= 11 is 1.43. The zero-order chi connectivity index (χ0) is 26.7. The second-order valence-electron chi connectivity index (χ2n) is 10.2. The van der Waals surface area contributed by atoms with Crippen molar-refractivity contribution in [3.05, 3.63) is 76.7 Å². The first-order valence-electron chi connectivity index (χ1n) is 12.2. The van der Waals surface area contributed by atoms with Gasteiger partial charge in [-0.15, -0.1) is 11.8 Å². The summed E-state index contributed by atoms with van der Waals surface area (Å²) in [4.78, 5) is 28.0. The highest BCUT2D eigenvalue weighted by atomic mass is 32.2. The maximum absolute atomic E-state index is 14.3. The van der Waals surface area contributed by atoms with E-state index in [1.807, 2.05) is 37.3 Å². The van der Waals surface area contributed by atoms with Gasteiger partial charge >= 0.3 is 0 Å². The summed E-state index contributed by atoms with van der Waals surface area (Å²) in [5, 5.41) is 7.50. The minimum atomic E-state index is -0.383. The highest BCUT2D eigenvalue weighted by Crippen LogP contribution is 2.48. The summed E-state index contributed by atoms with van der Waals surface area (Å²) < 4.78 is 21.1. The Morgan fingerprint density at radius 3 is 2.59 bits per heavy atom. The van der Waals surface area contributed by atoms with E-state index >= 15 is 0 Å². The second kappa shape index (κ2) is 11.1. The van der Waals surface area contributed by atoms with Crippen molar-refractivity contribution in [1.29, 1.82) is 0 Å². The van der Waals surface area contributed by atoms with E-state index in [2.05, 4.69) is 26.1 Å². The lowest BCUT2D eigenvalue weighted by atomic mass is 9.87. The number of aromatic nitrogens is 2. The standard InChI is InChI=1S/C28H33FN4O3S/c1-18-9-11-21(12-10-18)33-27-24(26(31-33)28(2,3)4)25(19-7-6-8-20(29)15-19)37-17-23(35)32(27)16-22(34)30-13-14-36-5/h6-12,15,25H,13-14,16-17H2,1-5H3,(H,30,34)/t25-/m1/s1. The molecule has 0 unspecified atom stereocenters. The van der Waals surface area contributed by atoms with Crippen molar-refractivity contribution >= 4 is 29.4 Å². The van der Waals surface area contributed by atoms with Gasteiger partial charge in [0.25, 0.3) is 0 Å². The Morgan fingerprint density at radius 2 is 1.95 bits per heavy atom. The van der Waals surface area contributed by atoms with Crippen molar-refractivity contribution in [3.63, 3.8) is 0 Å². The van der Waals surface area contributed by atoms with Crippen LogP contribution in [0.15, 0.2) is 48.5 Å². The average molecular weight is 525 g/mol. The number of anilines is 1. The third kappa shape index (κ3) is 5.88. The summed E-state index contributed by atoms with van der Waals surface area (Å²) in [6, 6.07) is 14.3. The molecule has 0 saturated heterocycles. The third-order valence-electron chi connectivity index (χ3n) is 6.16. The minimum Gasteiger partial charge on any atom is -0.383 e. The molecule has 0 spiro atoms. The SMILES string of the molecule is COCCNC(=O)CN1C(=O)CS[C@H](c2cccc(F)c2)c2c(C(C)(C)C)nn(-c3ccc(C)cc3)c21. The average Bonchev–Trinajstić information content (AvgIpc) is 3.18. The number of nitrogens with one attached hydrogen (secondary N) is 1. The van der Waals surface area contributed by atoms with Crippen LogP contribution in [0.4, 0.5) is 10.2 Å². The molecule has 1 N–H and O–H groups in total. The summed E-state index contributed by atoms with van der Waals surface area (Å²) in [6.07, 6.45) is 0. The predicted octanol–water partition coefficient (Wildman–Crippen LogP) is 4.55. The summed E-state index contributed by atoms with van der Waals surface area (Å²) in [6.45, 7) is 8.76. The number of carbonyl (C=O) groups excluding carboxylic acids is 2. The molecule has 0 radical (unpaired) electrons. The van der Waals surface area contributed by atoms with Crippen LogP contribution in [0.1, 0.15) is 48.4 Å². The first-order chi connectivity index (χ1) is 17.6. The van der Waals surface area contributed by atoms with Gasteiger partial charge in [0.2, 0.25) is 11.8 Å². The van der Waals surface area contributed by atoms with Gasteiger partial charge in [0.1, 0.15) is 18.2 Å². The molecule has 0 fully saturated rings. The first kappa shape index (κ1) is 26.9. The number of fused-ring (bicyclic) bond motifs is 1. The van der Waals surface area contributed by atoms with Crippen molar-refractivity contribution in [1.82, 2.24) is 15.1 Å². The van der Waals surface area contributed by atoms with Gasteiger partial charge in [-0.25, -0.2) is 9.07 Å². The molecule has 3 aromatic rings. The number of nitrogens with zero attached hydrogens (tertiary/aromatic N) is 3. The maximum Gasteiger partial charge on any atom is 0.240 e. The number of hydrogen-bond donors (Lipinski definition) is 1. The van der Waals surface area contributed by atoms with Gasteiger partial charge < -0.3 is 10.1 Å². The van der Waals surface area contributed by atoms with Crippen LogP contribution in [0, 0.1) is 12.7 Å². The van der Waals surface area contributed by atoms with E-state index in [9.17, 15) is 14.0 Å². The lowest BCUT2D eigenvalue weighted by molar-refractivity contribution is -0.123. The van der Waals surface area contributed by atoms with Crippen LogP contribution in [-0.2, 0) is 19.7 Å². The van der Waals surface area contributed by atoms with Gasteiger partial charge in [-0.2, -0.15) is 5.10 Å². The van der Waals surface area contributed by atoms with E-state index in [0.29, 0.717) is 19.0 Å². The van der Waals surface area contributed by atoms with Crippen molar-refractivity contribution in [2.45, 2.75) is 38.4 Å². The van der Waals surface area contributed by atoms with Gasteiger partial charge in [-0.05, 0) is 36.8 Å². The molecule has 2 amide bonds. The largest absolute Gasteiger partial charge is 0.383 e. The van der Waals surface area contributed by atoms with Crippen molar-refractivity contribution < 1.29 is 18.7 Å². The molecule has 1 atom stereocenters. The van der Waals surface area contributed by atoms with E-state index in [-0.39, 0.29) is 40.6 Å². The van der Waals surface area contributed by atoms with Crippen molar-refractivity contribution in [3.8, 4) is 5.69 Å². The molecule has 37 heavy (non-hydrogen) atoms. The normalized spacial score (nSPS) is 15.9. The second-order valence-corrected chi connectivity index (χ2v) is 11.2. The fourth-order valence-electron chi connectivity index (χ4n) is 4.36. The Labute approximate surface area is 221 Å². The maximum atomic E-state index is 14.3. The van der Waals surface area contributed by atoms with Gasteiger partial charge in [0.05, 0.1) is 29.0 Å². The molecular formula is C28H33FN4O3S. The lowest BCUT2D eigenvalue weighted by Gasteiger charge is -2.24. The number of methoxy groups -OCH3 is 1. The zero-order valence-corrected chi connectivity index (χ0v) is 22.7. The Kier molecular flexibility index (Phi) is 8.04. The molecule has 1 aliphatic heterocycles. The van der Waals surface area contributed by atoms with E-state index in [0.717, 1.165) is 28.1 Å². The summed E-state index contributed by atoms with van der Waals surface area (Å²) in [7, 11) is 1.56. The topological polar surface area (TPSA) is 76.5 Å². The molecule has 1 aromatic heterocycles. The highest BCUT2D eigenvalue weighted by Gasteiger charge is 2.40. The predicted molar refractivity (Wildman–Crippen MR) is 145 cm³/mol. The monoisotopic (exact) mass is 524 g/mol. The Hall–Kier alpha value is -3.17. The van der Waals surface area contributed by atoms with Crippen LogP contribution < -0.4 is 10.2 Å². The number of rotatable bonds is 7. The zero-order valence-electron chi connectivity index (χ0n) is 21.9. The van der Waals surface area contributed by atoms with Crippen LogP contribution in [0.5, 0.6) is 0 Å². The third-order valence-corrected chi connectivity index (χ3v) is 7.41. The van der Waals surface area contributed by atoms with Crippen LogP contribution >= 0.6 is 11.8 Å². The Balaban J connectivity index is 1.95. The molecule has 196 valence electrons. The van der Waals surface area contributed by atoms with Gasteiger partial charge in [-0.1, -0.05) is 50.6 Å². The number of hydrogen-bond acceptors (Lipinski definition) is 5. The fraction of sp³-hybridized carbons (Fsp3) is 0.393. The minimum absolute atomic E-state index is 0.138. The van der Waals surface area contributed by atoms with Gasteiger partial charge in [-0.3, -0.25) is 14.5 Å². The van der Waals surface area contributed by atoms with Crippen LogP contribution in [-0.4, -0.2) is 54.2 Å². The Bertz CT molecular complexity index is 1280. The first-order valence-corrected chi connectivity index (χ1v) is 13.3. The van der Waals surface area contributed by atoms with E-state index in [1.165, 1.54) is 28.8 Å². The van der Waals surface area contributed by atoms with Gasteiger partial charge in [0, 0.05) is 24.6 Å². The van der Waals surface area contributed by atoms with Crippen LogP contribution in [0.2, 0.25) is 0 Å². The number of amides is 2. The highest BCUT2D eigenvalue weighted by molar-refractivity contribution is 8.00. The van der Waals surface area contributed by atoms with E-state index < -0.39 is 0 Å². The lowest BCUT2D eigenvalue weighted by Crippen LogP contribution is -2.43. The Morgan fingerprint density at radius 1 is 1.22 bits per heavy atom. The van der Waals surface area contributed by atoms with Gasteiger partial charge in [0.15, 0.2) is 0 Å². The fourth-order valence-corrected chi connectivity index (χ4v) is 5.55. The molecule has 0 saturated carbocycles. The molecule has 7 nitrogen and oxygen atoms in total. The molecule has 2 heterocycles. The molecular weight excluding hydrogens is 491 g/mol. The summed E-state index contributed by atoms with van der Waals surface area (Å²) in [5.74, 6) is -0.161. The number of carbonyl (C=O) groups is 2. The van der Waals surface area contributed by atoms with Crippen LogP contribution in [0.25, 0.3) is 5.69 Å². The number of thioether (sulfide) groups is 1. The number of ether oxygens (including phenoxy) is 1. The van der Waals surface area contributed by atoms with Crippen molar-refractivity contribution in [2.75, 3.05) is 37.5 Å². The summed E-state index contributed by atoms with van der Waals surface area (Å²) in [5.41, 5.74) is 3.85.